The van der Waals surface area contributed by atoms with E-state index in [0.29, 0.717) is 0 Å². The van der Waals surface area contributed by atoms with Gasteiger partial charge in [0, 0.05) is 31.0 Å². The highest BCUT2D eigenvalue weighted by molar-refractivity contribution is 9.10. The van der Waals surface area contributed by atoms with E-state index >= 15 is 0 Å². The summed E-state index contributed by atoms with van der Waals surface area (Å²) in [5.41, 5.74) is 0. The molecule has 0 bridgehead atoms. The molecule has 0 heterocycles. The van der Waals surface area contributed by atoms with Gasteiger partial charge in [-0.1, -0.05) is 97.1 Å². The van der Waals surface area contributed by atoms with Crippen LogP contribution in [0.4, 0.5) is 0 Å². The van der Waals surface area contributed by atoms with Gasteiger partial charge in [-0.2, -0.15) is 0 Å². The largest absolute Gasteiger partial charge is 0.537 e. The van der Waals surface area contributed by atoms with Gasteiger partial charge in [-0.15, -0.1) is 0 Å². The lowest BCUT2D eigenvalue weighted by Gasteiger charge is -2.27. The molecule has 0 atom stereocenters. The predicted molar refractivity (Wildman–Crippen MR) is 157 cm³/mol. The van der Waals surface area contributed by atoms with Gasteiger partial charge in [-0.25, -0.2) is 0 Å². The molecule has 3 nitrogen and oxygen atoms in total. The zero-order chi connectivity index (χ0) is 25.1. The van der Waals surface area contributed by atoms with E-state index in [-0.39, 0.29) is 0 Å². The third kappa shape index (κ3) is 4.34. The number of benzene rings is 6. The molecule has 6 aromatic rings. The second-order valence-corrected chi connectivity index (χ2v) is 12.1. The fourth-order valence-electron chi connectivity index (χ4n) is 4.86. The van der Waals surface area contributed by atoms with Gasteiger partial charge in [0.05, 0.1) is 0 Å². The van der Waals surface area contributed by atoms with Crippen LogP contribution in [0.1, 0.15) is 0 Å². The monoisotopic (exact) mass is 554 g/mol. The van der Waals surface area contributed by atoms with Crippen molar-refractivity contribution in [2.45, 2.75) is 0 Å². The SMILES string of the molecule is Brc1c2ccccc2cc2ccccc12.CO[Si](OC)(OC)c1c2ccccc2cc2ccccc12. The van der Waals surface area contributed by atoms with Crippen molar-refractivity contribution in [2.75, 3.05) is 21.3 Å². The molecule has 6 aromatic carbocycles. The topological polar surface area (TPSA) is 27.7 Å². The maximum Gasteiger partial charge on any atom is 0.537 e. The van der Waals surface area contributed by atoms with Crippen LogP contribution in [0.3, 0.4) is 0 Å². The Morgan fingerprint density at radius 1 is 0.472 bits per heavy atom. The molecule has 0 fully saturated rings. The zero-order valence-corrected chi connectivity index (χ0v) is 23.1. The lowest BCUT2D eigenvalue weighted by molar-refractivity contribution is 0.141. The molecule has 36 heavy (non-hydrogen) atoms. The highest BCUT2D eigenvalue weighted by atomic mass is 79.9. The molecule has 0 aromatic heterocycles. The lowest BCUT2D eigenvalue weighted by Crippen LogP contribution is -2.55. The van der Waals surface area contributed by atoms with Gasteiger partial charge < -0.3 is 13.3 Å². The first kappa shape index (κ1) is 24.6. The van der Waals surface area contributed by atoms with Gasteiger partial charge in [0.2, 0.25) is 0 Å². The molecule has 5 heteroatoms. The lowest BCUT2D eigenvalue weighted by atomic mass is 10.0. The Labute approximate surface area is 220 Å². The molecule has 6 rings (SSSR count). The minimum atomic E-state index is -2.92. The molecule has 0 aliphatic carbocycles. The molecule has 0 unspecified atom stereocenters. The average molecular weight is 556 g/mol. The highest BCUT2D eigenvalue weighted by Crippen LogP contribution is 2.32. The van der Waals surface area contributed by atoms with Crippen LogP contribution in [-0.4, -0.2) is 30.1 Å². The van der Waals surface area contributed by atoms with Gasteiger partial charge in [0.1, 0.15) is 0 Å². The van der Waals surface area contributed by atoms with Crippen LogP contribution in [0.15, 0.2) is 114 Å². The maximum atomic E-state index is 5.73. The molecule has 0 spiro atoms. The van der Waals surface area contributed by atoms with Gasteiger partial charge in [0.25, 0.3) is 0 Å². The third-order valence-corrected chi connectivity index (χ3v) is 10.2. The number of hydrogen-bond donors (Lipinski definition) is 0. The van der Waals surface area contributed by atoms with Crippen LogP contribution in [0.2, 0.25) is 0 Å². The second kappa shape index (κ2) is 10.5. The summed E-state index contributed by atoms with van der Waals surface area (Å²) in [6, 6.07) is 37.8. The quantitative estimate of drug-likeness (QED) is 0.164. The number of fused-ring (bicyclic) bond motifs is 4. The van der Waals surface area contributed by atoms with Crippen LogP contribution in [0, 0.1) is 0 Å². The fourth-order valence-corrected chi connectivity index (χ4v) is 7.81. The van der Waals surface area contributed by atoms with Crippen molar-refractivity contribution >= 4 is 73.0 Å². The number of rotatable bonds is 4. The fraction of sp³-hybridized carbons (Fsp3) is 0.0968. The van der Waals surface area contributed by atoms with Crippen LogP contribution in [-0.2, 0) is 13.3 Å². The van der Waals surface area contributed by atoms with E-state index in [4.69, 9.17) is 13.3 Å². The molecule has 0 radical (unpaired) electrons. The number of halogens is 1. The zero-order valence-electron chi connectivity index (χ0n) is 20.5. The molecular weight excluding hydrogens is 528 g/mol. The van der Waals surface area contributed by atoms with Crippen molar-refractivity contribution in [1.82, 2.24) is 0 Å². The Hall–Kier alpha value is -3.06. The summed E-state index contributed by atoms with van der Waals surface area (Å²) in [5.74, 6) is 0. The smallest absolute Gasteiger partial charge is 0.373 e. The van der Waals surface area contributed by atoms with Crippen molar-refractivity contribution in [3.63, 3.8) is 0 Å². The number of hydrogen-bond acceptors (Lipinski definition) is 3. The normalized spacial score (nSPS) is 11.7. The Bertz CT molecular complexity index is 1560. The first-order valence-electron chi connectivity index (χ1n) is 11.7. The molecule has 180 valence electrons. The van der Waals surface area contributed by atoms with Crippen molar-refractivity contribution in [2.24, 2.45) is 0 Å². The summed E-state index contributed by atoms with van der Waals surface area (Å²) in [6.45, 7) is 0. The first-order chi connectivity index (χ1) is 17.6. The van der Waals surface area contributed by atoms with E-state index < -0.39 is 8.80 Å². The second-order valence-electron chi connectivity index (χ2n) is 8.50. The van der Waals surface area contributed by atoms with E-state index in [0.717, 1.165) is 26.7 Å². The van der Waals surface area contributed by atoms with Gasteiger partial charge >= 0.3 is 8.80 Å². The molecule has 0 aliphatic heterocycles. The summed E-state index contributed by atoms with van der Waals surface area (Å²) in [5, 5.41) is 10.7. The Kier molecular flexibility index (Phi) is 7.19. The van der Waals surface area contributed by atoms with Crippen molar-refractivity contribution in [1.29, 1.82) is 0 Å². The van der Waals surface area contributed by atoms with E-state index in [1.165, 1.54) is 26.0 Å². The molecule has 0 N–H and O–H groups in total. The molecule has 0 amide bonds. The van der Waals surface area contributed by atoms with Gasteiger partial charge in [-0.05, 0) is 71.2 Å². The van der Waals surface area contributed by atoms with E-state index in [9.17, 15) is 0 Å². The summed E-state index contributed by atoms with van der Waals surface area (Å²) >= 11 is 3.68. The standard InChI is InChI=1S/C17H18O3Si.C14H9Br/c1-18-21(19-2,20-3)17-15-10-6-4-8-13(15)12-14-9-5-7-11-16(14)17;15-14-12-7-3-1-5-10(12)9-11-6-2-4-8-13(11)14/h4-12H,1-3H3;1-9H. The van der Waals surface area contributed by atoms with E-state index in [2.05, 4.69) is 101 Å². The average Bonchev–Trinajstić information content (AvgIpc) is 2.94. The first-order valence-corrected chi connectivity index (χ1v) is 14.3. The summed E-state index contributed by atoms with van der Waals surface area (Å²) < 4.78 is 18.4. The van der Waals surface area contributed by atoms with Crippen LogP contribution in [0.5, 0.6) is 0 Å². The highest BCUT2D eigenvalue weighted by Gasteiger charge is 2.43. The minimum absolute atomic E-state index is 1.03. The molecule has 0 saturated carbocycles. The summed E-state index contributed by atoms with van der Waals surface area (Å²) in [7, 11) is 2.02. The molecule has 0 aliphatic rings. The van der Waals surface area contributed by atoms with E-state index in [1.807, 2.05) is 24.3 Å². The Balaban J connectivity index is 0.000000156. The van der Waals surface area contributed by atoms with Crippen molar-refractivity contribution < 1.29 is 13.3 Å². The van der Waals surface area contributed by atoms with Crippen LogP contribution >= 0.6 is 15.9 Å². The molecular formula is C31H27BrO3Si. The van der Waals surface area contributed by atoms with Crippen molar-refractivity contribution in [3.8, 4) is 0 Å². The summed E-state index contributed by atoms with van der Waals surface area (Å²) in [6.07, 6.45) is 0. The van der Waals surface area contributed by atoms with E-state index in [1.54, 1.807) is 21.3 Å². The third-order valence-electron chi connectivity index (χ3n) is 6.59. The van der Waals surface area contributed by atoms with Crippen LogP contribution < -0.4 is 5.19 Å². The Morgan fingerprint density at radius 3 is 1.14 bits per heavy atom. The minimum Gasteiger partial charge on any atom is -0.373 e. The predicted octanol–water partition coefficient (Wildman–Crippen LogP) is 7.83. The Morgan fingerprint density at radius 2 is 0.778 bits per heavy atom. The van der Waals surface area contributed by atoms with Gasteiger partial charge in [-0.3, -0.25) is 0 Å². The summed E-state index contributed by atoms with van der Waals surface area (Å²) in [4.78, 5) is 0. The van der Waals surface area contributed by atoms with Crippen molar-refractivity contribution in [3.05, 3.63) is 114 Å². The van der Waals surface area contributed by atoms with Crippen LogP contribution in [0.25, 0.3) is 43.1 Å². The molecule has 0 saturated heterocycles. The maximum absolute atomic E-state index is 5.73. The van der Waals surface area contributed by atoms with Gasteiger partial charge in [0.15, 0.2) is 0 Å².